The van der Waals surface area contributed by atoms with Crippen molar-refractivity contribution in [3.63, 3.8) is 0 Å². The molecule has 2 N–H and O–H groups in total. The predicted molar refractivity (Wildman–Crippen MR) is 53.7 cm³/mol. The minimum Gasteiger partial charge on any atom is -0.324 e. The van der Waals surface area contributed by atoms with E-state index in [1.54, 1.807) is 6.92 Å². The molecule has 7 heteroatoms. The molecule has 1 aromatic carbocycles. The van der Waals surface area contributed by atoms with E-state index in [0.717, 1.165) is 0 Å². The molecule has 0 aliphatic heterocycles. The highest BCUT2D eigenvalue weighted by Gasteiger charge is 2.37. The summed E-state index contributed by atoms with van der Waals surface area (Å²) in [5.41, 5.74) is 2.64. The average molecular weight is 271 g/mol. The second-order valence-electron chi connectivity index (χ2n) is 3.85. The molecule has 1 nitrogen and oxygen atoms in total. The summed E-state index contributed by atoms with van der Waals surface area (Å²) in [6.45, 7) is 1.58. The first-order chi connectivity index (χ1) is 8.05. The third kappa shape index (κ3) is 3.38. The number of nitrogens with two attached hydrogens (primary N) is 1. The maximum Gasteiger partial charge on any atom is 0.416 e. The molecule has 0 spiro atoms. The van der Waals surface area contributed by atoms with Crippen LogP contribution in [0.4, 0.5) is 26.3 Å². The van der Waals surface area contributed by atoms with Gasteiger partial charge in [0.25, 0.3) is 0 Å². The van der Waals surface area contributed by atoms with Gasteiger partial charge in [0.2, 0.25) is 0 Å². The number of hydrogen-bond donors (Lipinski definition) is 1. The largest absolute Gasteiger partial charge is 0.416 e. The molecule has 0 unspecified atom stereocenters. The van der Waals surface area contributed by atoms with Crippen LogP contribution in [0.5, 0.6) is 0 Å². The van der Waals surface area contributed by atoms with E-state index in [9.17, 15) is 26.3 Å². The summed E-state index contributed by atoms with van der Waals surface area (Å²) in [6, 6.07) is 0.548. The number of benzene rings is 1. The van der Waals surface area contributed by atoms with E-state index in [0.29, 0.717) is 12.1 Å². The molecule has 1 rings (SSSR count). The summed E-state index contributed by atoms with van der Waals surface area (Å²) in [4.78, 5) is 0. The number of hydrogen-bond acceptors (Lipinski definition) is 1. The molecule has 0 bridgehead atoms. The summed E-state index contributed by atoms with van der Waals surface area (Å²) >= 11 is 0. The van der Waals surface area contributed by atoms with E-state index in [1.165, 1.54) is 0 Å². The normalized spacial score (nSPS) is 14.7. The van der Waals surface area contributed by atoms with E-state index in [4.69, 9.17) is 5.73 Å². The van der Waals surface area contributed by atoms with Gasteiger partial charge in [-0.15, -0.1) is 0 Å². The maximum absolute atomic E-state index is 12.5. The Bertz CT molecular complexity index is 388. The van der Waals surface area contributed by atoms with Crippen LogP contribution in [-0.2, 0) is 12.4 Å². The van der Waals surface area contributed by atoms with E-state index < -0.39 is 29.5 Å². The van der Waals surface area contributed by atoms with Crippen molar-refractivity contribution in [1.29, 1.82) is 0 Å². The second-order valence-corrected chi connectivity index (χ2v) is 3.85. The van der Waals surface area contributed by atoms with Crippen LogP contribution in [0.3, 0.4) is 0 Å². The quantitative estimate of drug-likeness (QED) is 0.804. The molecule has 0 aliphatic rings. The van der Waals surface area contributed by atoms with Gasteiger partial charge < -0.3 is 5.73 Å². The van der Waals surface area contributed by atoms with Crippen LogP contribution in [-0.4, -0.2) is 0 Å². The van der Waals surface area contributed by atoms with Crippen molar-refractivity contribution in [2.75, 3.05) is 0 Å². The molecule has 0 saturated carbocycles. The Labute approximate surface area is 99.6 Å². The summed E-state index contributed by atoms with van der Waals surface area (Å²) in [6.07, 6.45) is -9.41. The number of halogens is 6. The molecule has 0 saturated heterocycles. The lowest BCUT2D eigenvalue weighted by molar-refractivity contribution is -0.143. The fourth-order valence-electron chi connectivity index (χ4n) is 1.43. The zero-order valence-corrected chi connectivity index (χ0v) is 9.36. The molecule has 0 aromatic heterocycles. The van der Waals surface area contributed by atoms with Gasteiger partial charge in [0, 0.05) is 6.04 Å². The smallest absolute Gasteiger partial charge is 0.324 e. The van der Waals surface area contributed by atoms with Gasteiger partial charge in [-0.05, 0) is 30.2 Å². The lowest BCUT2D eigenvalue weighted by atomic mass is 9.99. The zero-order valence-electron chi connectivity index (χ0n) is 9.36. The minimum absolute atomic E-state index is 0.0892. The first-order valence-electron chi connectivity index (χ1n) is 5.10. The highest BCUT2D eigenvalue weighted by molar-refractivity contribution is 5.35. The van der Waals surface area contributed by atoms with Crippen LogP contribution in [0.1, 0.15) is 36.1 Å². The van der Waals surface area contributed by atoms with E-state index in [2.05, 4.69) is 0 Å². The first kappa shape index (κ1) is 14.8. The molecule has 0 amide bonds. The van der Waals surface area contributed by atoms with Crippen LogP contribution in [0.2, 0.25) is 0 Å². The molecule has 0 radical (unpaired) electrons. The van der Waals surface area contributed by atoms with Gasteiger partial charge in [-0.25, -0.2) is 0 Å². The van der Waals surface area contributed by atoms with Crippen LogP contribution >= 0.6 is 0 Å². The second kappa shape index (κ2) is 4.79. The highest BCUT2D eigenvalue weighted by Crippen LogP contribution is 2.37. The average Bonchev–Trinajstić information content (AvgIpc) is 2.25. The number of alkyl halides is 6. The van der Waals surface area contributed by atoms with E-state index in [-0.39, 0.29) is 18.1 Å². The topological polar surface area (TPSA) is 26.0 Å². The van der Waals surface area contributed by atoms with Crippen molar-refractivity contribution in [2.45, 2.75) is 31.7 Å². The van der Waals surface area contributed by atoms with Gasteiger partial charge in [0.1, 0.15) is 0 Å². The summed E-state index contributed by atoms with van der Waals surface area (Å²) < 4.78 is 75.0. The van der Waals surface area contributed by atoms with Crippen molar-refractivity contribution in [3.8, 4) is 0 Å². The van der Waals surface area contributed by atoms with Crippen LogP contribution in [0, 0.1) is 0 Å². The van der Waals surface area contributed by atoms with Crippen molar-refractivity contribution in [2.24, 2.45) is 5.73 Å². The molecular weight excluding hydrogens is 260 g/mol. The Morgan fingerprint density at radius 2 is 1.33 bits per heavy atom. The van der Waals surface area contributed by atoms with Crippen LogP contribution in [0.25, 0.3) is 0 Å². The SMILES string of the molecule is CC[C@@H](N)c1cc(C(F)(F)F)cc(C(F)(F)F)c1. The molecule has 1 aromatic rings. The Morgan fingerprint density at radius 3 is 1.61 bits per heavy atom. The third-order valence-electron chi connectivity index (χ3n) is 2.48. The molecule has 0 heterocycles. The Morgan fingerprint density at radius 1 is 0.944 bits per heavy atom. The molecule has 0 aliphatic carbocycles. The fourth-order valence-corrected chi connectivity index (χ4v) is 1.43. The standard InChI is InChI=1S/C11H11F6N/c1-2-9(18)6-3-7(10(12,13)14)5-8(4-6)11(15,16)17/h3-5,9H,2,18H2,1H3/t9-/m1/s1. The Kier molecular flexibility index (Phi) is 3.95. The predicted octanol–water partition coefficient (Wildman–Crippen LogP) is 4.13. The Hall–Kier alpha value is -1.24. The van der Waals surface area contributed by atoms with Crippen LogP contribution in [0.15, 0.2) is 18.2 Å². The molecule has 0 fully saturated rings. The molecule has 1 atom stereocenters. The van der Waals surface area contributed by atoms with Gasteiger partial charge >= 0.3 is 12.4 Å². The van der Waals surface area contributed by atoms with Crippen molar-refractivity contribution in [1.82, 2.24) is 0 Å². The van der Waals surface area contributed by atoms with E-state index >= 15 is 0 Å². The molecule has 18 heavy (non-hydrogen) atoms. The molecule has 102 valence electrons. The van der Waals surface area contributed by atoms with Crippen molar-refractivity contribution >= 4 is 0 Å². The maximum atomic E-state index is 12.5. The Balaban J connectivity index is 3.39. The summed E-state index contributed by atoms with van der Waals surface area (Å²) in [5.74, 6) is 0. The third-order valence-corrected chi connectivity index (χ3v) is 2.48. The number of rotatable bonds is 2. The summed E-state index contributed by atoms with van der Waals surface area (Å²) in [5, 5.41) is 0. The lowest BCUT2D eigenvalue weighted by Crippen LogP contribution is -2.15. The van der Waals surface area contributed by atoms with Crippen LogP contribution < -0.4 is 5.73 Å². The van der Waals surface area contributed by atoms with Gasteiger partial charge in [0.05, 0.1) is 11.1 Å². The lowest BCUT2D eigenvalue weighted by Gasteiger charge is -2.16. The highest BCUT2D eigenvalue weighted by atomic mass is 19.4. The summed E-state index contributed by atoms with van der Waals surface area (Å²) in [7, 11) is 0. The van der Waals surface area contributed by atoms with Gasteiger partial charge in [0.15, 0.2) is 0 Å². The van der Waals surface area contributed by atoms with Crippen molar-refractivity contribution < 1.29 is 26.3 Å². The molecular formula is C11H11F6N. The van der Waals surface area contributed by atoms with Gasteiger partial charge in [-0.3, -0.25) is 0 Å². The van der Waals surface area contributed by atoms with Gasteiger partial charge in [-0.2, -0.15) is 26.3 Å². The van der Waals surface area contributed by atoms with Crippen molar-refractivity contribution in [3.05, 3.63) is 34.9 Å². The van der Waals surface area contributed by atoms with E-state index in [1.807, 2.05) is 0 Å². The first-order valence-corrected chi connectivity index (χ1v) is 5.10. The fraction of sp³-hybridized carbons (Fsp3) is 0.455. The minimum atomic E-state index is -4.83. The van der Waals surface area contributed by atoms with Gasteiger partial charge in [-0.1, -0.05) is 6.92 Å². The zero-order chi connectivity index (χ0) is 14.1. The monoisotopic (exact) mass is 271 g/mol.